The fraction of sp³-hybridized carbons (Fsp3) is 0.357. The molecule has 2 rings (SSSR count). The Bertz CT molecular complexity index is 584. The molecular weight excluding hydrogens is 298 g/mol. The number of rotatable bonds is 5. The highest BCUT2D eigenvalue weighted by Gasteiger charge is 2.15. The maximum Gasteiger partial charge on any atom is 0.288 e. The second-order valence-corrected chi connectivity index (χ2v) is 6.69. The van der Waals surface area contributed by atoms with Crippen molar-refractivity contribution in [1.82, 2.24) is 4.98 Å². The summed E-state index contributed by atoms with van der Waals surface area (Å²) in [5, 5.41) is 4.32. The van der Waals surface area contributed by atoms with Crippen LogP contribution in [-0.2, 0) is 0 Å². The number of nitrogens with zero attached hydrogens (tertiary/aromatic N) is 1. The highest BCUT2D eigenvalue weighted by atomic mass is 32.2. The van der Waals surface area contributed by atoms with Crippen molar-refractivity contribution in [1.29, 1.82) is 0 Å². The predicted octanol–water partition coefficient (Wildman–Crippen LogP) is 5.25. The zero-order valence-electron chi connectivity index (χ0n) is 11.5. The van der Waals surface area contributed by atoms with Gasteiger partial charge < -0.3 is 5.32 Å². The fourth-order valence-electron chi connectivity index (χ4n) is 2.03. The SMILES string of the molecule is Cc1nc(C)c(C(C)Nc2ccccc2SC(F)F)s1. The molecule has 1 heterocycles. The summed E-state index contributed by atoms with van der Waals surface area (Å²) in [6.45, 7) is 5.95. The van der Waals surface area contributed by atoms with E-state index in [1.54, 1.807) is 23.5 Å². The number of nitrogens with one attached hydrogen (secondary N) is 1. The van der Waals surface area contributed by atoms with E-state index in [0.29, 0.717) is 16.7 Å². The molecular formula is C14H16F2N2S2. The second kappa shape index (κ2) is 6.54. The molecule has 2 nitrogen and oxygen atoms in total. The third kappa shape index (κ3) is 3.70. The Hall–Kier alpha value is -1.14. The average Bonchev–Trinajstić information content (AvgIpc) is 2.70. The van der Waals surface area contributed by atoms with Crippen molar-refractivity contribution < 1.29 is 8.78 Å². The molecule has 1 aromatic carbocycles. The molecule has 0 amide bonds. The molecule has 0 spiro atoms. The van der Waals surface area contributed by atoms with E-state index in [2.05, 4.69) is 10.3 Å². The van der Waals surface area contributed by atoms with Crippen molar-refractivity contribution in [3.63, 3.8) is 0 Å². The van der Waals surface area contributed by atoms with Gasteiger partial charge in [-0.2, -0.15) is 8.78 Å². The molecule has 1 unspecified atom stereocenters. The van der Waals surface area contributed by atoms with E-state index in [9.17, 15) is 8.78 Å². The maximum atomic E-state index is 12.6. The molecule has 6 heteroatoms. The molecule has 0 bridgehead atoms. The smallest absolute Gasteiger partial charge is 0.288 e. The minimum Gasteiger partial charge on any atom is -0.377 e. The quantitative estimate of drug-likeness (QED) is 0.763. The van der Waals surface area contributed by atoms with E-state index >= 15 is 0 Å². The zero-order chi connectivity index (χ0) is 14.7. The number of aryl methyl sites for hydroxylation is 2. The Kier molecular flexibility index (Phi) is 4.99. The summed E-state index contributed by atoms with van der Waals surface area (Å²) in [7, 11) is 0. The van der Waals surface area contributed by atoms with Gasteiger partial charge in [0.1, 0.15) is 0 Å². The lowest BCUT2D eigenvalue weighted by atomic mass is 10.2. The molecule has 0 aliphatic heterocycles. The summed E-state index contributed by atoms with van der Waals surface area (Å²) in [6.07, 6.45) is 0. The molecule has 0 saturated heterocycles. The van der Waals surface area contributed by atoms with E-state index in [0.717, 1.165) is 21.3 Å². The molecule has 0 aliphatic carbocycles. The lowest BCUT2D eigenvalue weighted by Gasteiger charge is -2.17. The summed E-state index contributed by atoms with van der Waals surface area (Å²) in [6, 6.07) is 7.18. The number of para-hydroxylation sites is 1. The predicted molar refractivity (Wildman–Crippen MR) is 81.9 cm³/mol. The number of hydrogen-bond acceptors (Lipinski definition) is 4. The molecule has 2 aromatic rings. The topological polar surface area (TPSA) is 24.9 Å². The summed E-state index contributed by atoms with van der Waals surface area (Å²) in [5.74, 6) is -2.42. The second-order valence-electron chi connectivity index (χ2n) is 4.42. The first-order chi connectivity index (χ1) is 9.47. The van der Waals surface area contributed by atoms with Crippen LogP contribution in [0.1, 0.15) is 28.5 Å². The summed E-state index contributed by atoms with van der Waals surface area (Å²) >= 11 is 2.20. The third-order valence-electron chi connectivity index (χ3n) is 2.81. The largest absolute Gasteiger partial charge is 0.377 e. The van der Waals surface area contributed by atoms with Crippen LogP contribution in [0, 0.1) is 13.8 Å². The van der Waals surface area contributed by atoms with Crippen molar-refractivity contribution in [2.24, 2.45) is 0 Å². The van der Waals surface area contributed by atoms with Crippen LogP contribution in [0.5, 0.6) is 0 Å². The van der Waals surface area contributed by atoms with Crippen molar-refractivity contribution in [2.45, 2.75) is 37.5 Å². The Labute approximate surface area is 125 Å². The lowest BCUT2D eigenvalue weighted by Crippen LogP contribution is -2.07. The van der Waals surface area contributed by atoms with Gasteiger partial charge in [-0.1, -0.05) is 23.9 Å². The normalized spacial score (nSPS) is 12.7. The molecule has 20 heavy (non-hydrogen) atoms. The monoisotopic (exact) mass is 314 g/mol. The molecule has 0 radical (unpaired) electrons. The summed E-state index contributed by atoms with van der Waals surface area (Å²) in [5.41, 5.74) is 1.72. The van der Waals surface area contributed by atoms with Crippen LogP contribution >= 0.6 is 23.1 Å². The average molecular weight is 314 g/mol. The van der Waals surface area contributed by atoms with E-state index in [1.165, 1.54) is 0 Å². The Morgan fingerprint density at radius 1 is 1.25 bits per heavy atom. The van der Waals surface area contributed by atoms with Crippen LogP contribution in [0.2, 0.25) is 0 Å². The van der Waals surface area contributed by atoms with E-state index in [1.807, 2.05) is 32.9 Å². The molecule has 1 aromatic heterocycles. The van der Waals surface area contributed by atoms with Gasteiger partial charge in [0, 0.05) is 15.5 Å². The first-order valence-electron chi connectivity index (χ1n) is 6.21. The van der Waals surface area contributed by atoms with Crippen LogP contribution in [0.25, 0.3) is 0 Å². The lowest BCUT2D eigenvalue weighted by molar-refractivity contribution is 0.252. The molecule has 1 N–H and O–H groups in total. The Balaban J connectivity index is 2.19. The third-order valence-corrected chi connectivity index (χ3v) is 4.85. The number of alkyl halides is 2. The first kappa shape index (κ1) is 15.3. The maximum absolute atomic E-state index is 12.6. The van der Waals surface area contributed by atoms with Gasteiger partial charge in [0.2, 0.25) is 0 Å². The van der Waals surface area contributed by atoms with Crippen LogP contribution in [0.4, 0.5) is 14.5 Å². The number of aromatic nitrogens is 1. The number of benzene rings is 1. The number of thiazole rings is 1. The highest BCUT2D eigenvalue weighted by Crippen LogP contribution is 2.34. The van der Waals surface area contributed by atoms with Crippen LogP contribution < -0.4 is 5.32 Å². The van der Waals surface area contributed by atoms with Crippen LogP contribution in [-0.4, -0.2) is 10.7 Å². The molecule has 108 valence electrons. The molecule has 1 atom stereocenters. The summed E-state index contributed by atoms with van der Waals surface area (Å²) in [4.78, 5) is 6.10. The minimum absolute atomic E-state index is 0.0422. The molecule has 0 aliphatic rings. The van der Waals surface area contributed by atoms with Crippen LogP contribution in [0.15, 0.2) is 29.2 Å². The molecule has 0 fully saturated rings. The number of halogens is 2. The van der Waals surface area contributed by atoms with Crippen molar-refractivity contribution in [3.05, 3.63) is 39.8 Å². The fourth-order valence-corrected chi connectivity index (χ4v) is 3.57. The van der Waals surface area contributed by atoms with Gasteiger partial charge in [-0.15, -0.1) is 11.3 Å². The number of anilines is 1. The highest BCUT2D eigenvalue weighted by molar-refractivity contribution is 7.99. The van der Waals surface area contributed by atoms with Gasteiger partial charge in [-0.25, -0.2) is 4.98 Å². The van der Waals surface area contributed by atoms with E-state index < -0.39 is 5.76 Å². The van der Waals surface area contributed by atoms with Gasteiger partial charge in [-0.3, -0.25) is 0 Å². The van der Waals surface area contributed by atoms with Crippen molar-refractivity contribution in [2.75, 3.05) is 5.32 Å². The van der Waals surface area contributed by atoms with Gasteiger partial charge in [0.25, 0.3) is 5.76 Å². The summed E-state index contributed by atoms with van der Waals surface area (Å²) < 4.78 is 25.1. The van der Waals surface area contributed by atoms with Gasteiger partial charge in [0.15, 0.2) is 0 Å². The first-order valence-corrected chi connectivity index (χ1v) is 7.91. The Morgan fingerprint density at radius 3 is 2.55 bits per heavy atom. The van der Waals surface area contributed by atoms with Gasteiger partial charge in [0.05, 0.1) is 16.7 Å². The van der Waals surface area contributed by atoms with Crippen molar-refractivity contribution in [3.8, 4) is 0 Å². The van der Waals surface area contributed by atoms with Gasteiger partial charge >= 0.3 is 0 Å². The van der Waals surface area contributed by atoms with E-state index in [-0.39, 0.29) is 6.04 Å². The number of hydrogen-bond donors (Lipinski definition) is 1. The molecule has 0 saturated carbocycles. The van der Waals surface area contributed by atoms with E-state index in [4.69, 9.17) is 0 Å². The van der Waals surface area contributed by atoms with Gasteiger partial charge in [-0.05, 0) is 32.9 Å². The minimum atomic E-state index is -2.42. The standard InChI is InChI=1S/C14H16F2N2S2/c1-8-13(19-10(3)17-8)9(2)18-11-6-4-5-7-12(11)20-14(15)16/h4-7,9,14,18H,1-3H3. The van der Waals surface area contributed by atoms with Crippen molar-refractivity contribution >= 4 is 28.8 Å². The number of thioether (sulfide) groups is 1. The zero-order valence-corrected chi connectivity index (χ0v) is 13.1. The Morgan fingerprint density at radius 2 is 1.95 bits per heavy atom. The van der Waals surface area contributed by atoms with Crippen LogP contribution in [0.3, 0.4) is 0 Å².